The van der Waals surface area contributed by atoms with Crippen LogP contribution in [0.4, 0.5) is 15.3 Å². The van der Waals surface area contributed by atoms with Gasteiger partial charge in [-0.2, -0.15) is 0 Å². The molecule has 0 unspecified atom stereocenters. The maximum atomic E-state index is 12.0. The van der Waals surface area contributed by atoms with Crippen LogP contribution in [0.1, 0.15) is 26.3 Å². The highest BCUT2D eigenvalue weighted by molar-refractivity contribution is 7.21. The number of amides is 3. The summed E-state index contributed by atoms with van der Waals surface area (Å²) in [6, 6.07) is 13.4. The van der Waals surface area contributed by atoms with Gasteiger partial charge in [0.05, 0.1) is 10.2 Å². The molecule has 0 atom stereocenters. The van der Waals surface area contributed by atoms with E-state index in [1.807, 2.05) is 30.3 Å². The fourth-order valence-electron chi connectivity index (χ4n) is 2.68. The minimum absolute atomic E-state index is 0.276. The van der Waals surface area contributed by atoms with Crippen molar-refractivity contribution in [2.45, 2.75) is 33.3 Å². The van der Waals surface area contributed by atoms with Crippen LogP contribution in [0.3, 0.4) is 0 Å². The molecule has 1 aromatic heterocycles. The molecule has 158 valence electrons. The van der Waals surface area contributed by atoms with Gasteiger partial charge in [0.15, 0.2) is 0 Å². The van der Waals surface area contributed by atoms with Gasteiger partial charge in [-0.1, -0.05) is 6.07 Å². The predicted molar refractivity (Wildman–Crippen MR) is 121 cm³/mol. The molecule has 0 aliphatic rings. The maximum Gasteiger partial charge on any atom is 0.407 e. The predicted octanol–water partition coefficient (Wildman–Crippen LogP) is 4.92. The van der Waals surface area contributed by atoms with Crippen LogP contribution in [0.2, 0.25) is 0 Å². The molecule has 3 aromatic rings. The fraction of sp³-hybridized carbons (Fsp3) is 0.318. The molecule has 0 aliphatic heterocycles. The van der Waals surface area contributed by atoms with Crippen molar-refractivity contribution >= 4 is 39.4 Å². The van der Waals surface area contributed by atoms with Crippen molar-refractivity contribution in [1.82, 2.24) is 15.6 Å². The van der Waals surface area contributed by atoms with Crippen LogP contribution in [-0.2, 0) is 4.74 Å². The largest absolute Gasteiger partial charge is 0.444 e. The smallest absolute Gasteiger partial charge is 0.407 e. The zero-order valence-corrected chi connectivity index (χ0v) is 18.4. The van der Waals surface area contributed by atoms with Crippen LogP contribution in [0.25, 0.3) is 20.8 Å². The van der Waals surface area contributed by atoms with Gasteiger partial charge in [0.1, 0.15) is 10.6 Å². The second-order valence-corrected chi connectivity index (χ2v) is 8.91. The summed E-state index contributed by atoms with van der Waals surface area (Å²) in [5, 5.41) is 8.99. The minimum atomic E-state index is -0.550. The summed E-state index contributed by atoms with van der Waals surface area (Å²) < 4.78 is 6.29. The van der Waals surface area contributed by atoms with Crippen molar-refractivity contribution in [3.05, 3.63) is 48.0 Å². The Labute approximate surface area is 179 Å². The SMILES string of the molecule is Cc1ccc2nc(-c3ccc(NC(=O)NCCNC(=O)OC(C)(C)C)cc3)sc2c1. The Bertz CT molecular complexity index is 1040. The Morgan fingerprint density at radius 2 is 1.73 bits per heavy atom. The van der Waals surface area contributed by atoms with E-state index in [1.165, 1.54) is 5.56 Å². The van der Waals surface area contributed by atoms with Gasteiger partial charge >= 0.3 is 12.1 Å². The highest BCUT2D eigenvalue weighted by Crippen LogP contribution is 2.31. The van der Waals surface area contributed by atoms with Gasteiger partial charge < -0.3 is 20.7 Å². The second-order valence-electron chi connectivity index (χ2n) is 7.88. The molecular formula is C22H26N4O3S. The number of nitrogens with one attached hydrogen (secondary N) is 3. The number of thiazole rings is 1. The molecule has 2 aromatic carbocycles. The Balaban J connectivity index is 1.48. The molecule has 3 amide bonds. The summed E-state index contributed by atoms with van der Waals surface area (Å²) >= 11 is 1.65. The van der Waals surface area contributed by atoms with E-state index < -0.39 is 11.7 Å². The van der Waals surface area contributed by atoms with E-state index in [2.05, 4.69) is 40.0 Å². The number of urea groups is 1. The molecule has 8 heteroatoms. The van der Waals surface area contributed by atoms with Crippen LogP contribution in [-0.4, -0.2) is 35.8 Å². The van der Waals surface area contributed by atoms with Crippen LogP contribution in [0, 0.1) is 6.92 Å². The Morgan fingerprint density at radius 3 is 2.43 bits per heavy atom. The molecule has 0 bridgehead atoms. The number of ether oxygens (including phenoxy) is 1. The highest BCUT2D eigenvalue weighted by Gasteiger charge is 2.15. The number of carbonyl (C=O) groups is 2. The van der Waals surface area contributed by atoms with Crippen LogP contribution in [0.15, 0.2) is 42.5 Å². The summed E-state index contributed by atoms with van der Waals surface area (Å²) in [6.07, 6.45) is -0.509. The Morgan fingerprint density at radius 1 is 1.03 bits per heavy atom. The summed E-state index contributed by atoms with van der Waals surface area (Å²) in [6.45, 7) is 8.01. The molecule has 0 fully saturated rings. The first kappa shape index (κ1) is 21.6. The first-order chi connectivity index (χ1) is 14.2. The van der Waals surface area contributed by atoms with E-state index in [0.717, 1.165) is 20.8 Å². The number of fused-ring (bicyclic) bond motifs is 1. The van der Waals surface area contributed by atoms with Crippen LogP contribution in [0.5, 0.6) is 0 Å². The van der Waals surface area contributed by atoms with Crippen molar-refractivity contribution in [2.75, 3.05) is 18.4 Å². The van der Waals surface area contributed by atoms with Crippen molar-refractivity contribution < 1.29 is 14.3 Å². The van der Waals surface area contributed by atoms with Crippen LogP contribution < -0.4 is 16.0 Å². The van der Waals surface area contributed by atoms with Gasteiger partial charge in [0.25, 0.3) is 0 Å². The first-order valence-corrected chi connectivity index (χ1v) is 10.5. The molecular weight excluding hydrogens is 400 g/mol. The number of alkyl carbamates (subject to hydrolysis) is 1. The standard InChI is InChI=1S/C22H26N4O3S/c1-14-5-10-17-18(13-14)30-19(26-17)15-6-8-16(9-7-15)25-20(27)23-11-12-24-21(28)29-22(2,3)4/h5-10,13H,11-12H2,1-4H3,(H,24,28)(H2,23,25,27). The number of aromatic nitrogens is 1. The second kappa shape index (κ2) is 9.13. The molecule has 3 N–H and O–H groups in total. The van der Waals surface area contributed by atoms with E-state index in [-0.39, 0.29) is 19.1 Å². The number of carbonyl (C=O) groups excluding carboxylic acids is 2. The monoisotopic (exact) mass is 426 g/mol. The molecule has 3 rings (SSSR count). The minimum Gasteiger partial charge on any atom is -0.444 e. The quantitative estimate of drug-likeness (QED) is 0.505. The van der Waals surface area contributed by atoms with E-state index in [1.54, 1.807) is 32.1 Å². The molecule has 0 aliphatic carbocycles. The molecule has 0 radical (unpaired) electrons. The topological polar surface area (TPSA) is 92.4 Å². The fourth-order valence-corrected chi connectivity index (χ4v) is 3.75. The zero-order chi connectivity index (χ0) is 21.7. The normalized spacial score (nSPS) is 11.2. The third-order valence-corrected chi connectivity index (χ3v) is 5.08. The lowest BCUT2D eigenvalue weighted by Gasteiger charge is -2.19. The summed E-state index contributed by atoms with van der Waals surface area (Å²) in [4.78, 5) is 28.2. The molecule has 7 nitrogen and oxygen atoms in total. The average molecular weight is 427 g/mol. The molecule has 0 saturated heterocycles. The van der Waals surface area contributed by atoms with Gasteiger partial charge in [-0.15, -0.1) is 11.3 Å². The van der Waals surface area contributed by atoms with Gasteiger partial charge in [-0.05, 0) is 69.7 Å². The highest BCUT2D eigenvalue weighted by atomic mass is 32.1. The van der Waals surface area contributed by atoms with E-state index in [9.17, 15) is 9.59 Å². The number of aryl methyl sites for hydroxylation is 1. The van der Waals surface area contributed by atoms with Crippen molar-refractivity contribution in [1.29, 1.82) is 0 Å². The number of anilines is 1. The third kappa shape index (κ3) is 6.18. The lowest BCUT2D eigenvalue weighted by atomic mass is 10.2. The lowest BCUT2D eigenvalue weighted by molar-refractivity contribution is 0.0528. The summed E-state index contributed by atoms with van der Waals surface area (Å²) in [7, 11) is 0. The van der Waals surface area contributed by atoms with Crippen molar-refractivity contribution in [2.24, 2.45) is 0 Å². The van der Waals surface area contributed by atoms with E-state index >= 15 is 0 Å². The summed E-state index contributed by atoms with van der Waals surface area (Å²) in [5.41, 5.74) is 3.33. The summed E-state index contributed by atoms with van der Waals surface area (Å²) in [5.74, 6) is 0. The number of hydrogen-bond acceptors (Lipinski definition) is 5. The van der Waals surface area contributed by atoms with Crippen molar-refractivity contribution in [3.8, 4) is 10.6 Å². The number of nitrogens with zero attached hydrogens (tertiary/aromatic N) is 1. The van der Waals surface area contributed by atoms with Crippen molar-refractivity contribution in [3.63, 3.8) is 0 Å². The molecule has 0 saturated carbocycles. The zero-order valence-electron chi connectivity index (χ0n) is 17.5. The number of rotatable bonds is 5. The number of benzene rings is 2. The van der Waals surface area contributed by atoms with E-state index in [0.29, 0.717) is 5.69 Å². The molecule has 1 heterocycles. The molecule has 0 spiro atoms. The van der Waals surface area contributed by atoms with Gasteiger partial charge in [0.2, 0.25) is 0 Å². The number of hydrogen-bond donors (Lipinski definition) is 3. The van der Waals surface area contributed by atoms with Crippen LogP contribution >= 0.6 is 11.3 Å². The molecule has 30 heavy (non-hydrogen) atoms. The van der Waals surface area contributed by atoms with E-state index in [4.69, 9.17) is 4.74 Å². The maximum absolute atomic E-state index is 12.0. The Hall–Kier alpha value is -3.13. The average Bonchev–Trinajstić information content (AvgIpc) is 3.07. The Kier molecular flexibility index (Phi) is 6.56. The van der Waals surface area contributed by atoms with Gasteiger partial charge in [-0.3, -0.25) is 0 Å². The first-order valence-electron chi connectivity index (χ1n) is 9.69. The van der Waals surface area contributed by atoms with Gasteiger partial charge in [-0.25, -0.2) is 14.6 Å². The lowest BCUT2D eigenvalue weighted by Crippen LogP contribution is -2.39. The van der Waals surface area contributed by atoms with Gasteiger partial charge in [0, 0.05) is 24.3 Å². The third-order valence-electron chi connectivity index (χ3n) is 4.01.